The van der Waals surface area contributed by atoms with Crippen LogP contribution in [-0.4, -0.2) is 43.9 Å². The highest BCUT2D eigenvalue weighted by atomic mass is 16.6. The summed E-state index contributed by atoms with van der Waals surface area (Å²) in [7, 11) is 0. The number of non-ortho nitro benzene ring substituents is 1. The summed E-state index contributed by atoms with van der Waals surface area (Å²) in [6, 6.07) is 17.5. The van der Waals surface area contributed by atoms with E-state index in [-0.39, 0.29) is 17.0 Å². The molecule has 60 heavy (non-hydrogen) atoms. The molecule has 0 bridgehead atoms. The Kier molecular flexibility index (Phi) is 18.4. The Balaban J connectivity index is 1.80. The lowest BCUT2D eigenvalue weighted by molar-refractivity contribution is -0.384. The highest BCUT2D eigenvalue weighted by Gasteiger charge is 2.24. The zero-order valence-electron chi connectivity index (χ0n) is 36.5. The number of hydrogen-bond donors (Lipinski definition) is 0. The molecular weight excluding hydrogens is 759 g/mol. The quantitative estimate of drug-likeness (QED) is 0.0121. The molecule has 324 valence electrons. The van der Waals surface area contributed by atoms with Gasteiger partial charge in [0.05, 0.1) is 43.5 Å². The van der Waals surface area contributed by atoms with Crippen LogP contribution in [0.5, 0.6) is 34.5 Å². The summed E-state index contributed by atoms with van der Waals surface area (Å²) in [4.78, 5) is 24.6. The maximum Gasteiger partial charge on any atom is 0.343 e. The Morgan fingerprint density at radius 3 is 1.35 bits per heavy atom. The van der Waals surface area contributed by atoms with E-state index in [2.05, 4.69) is 52.8 Å². The third-order valence-corrected chi connectivity index (χ3v) is 10.7. The van der Waals surface area contributed by atoms with E-state index in [1.165, 1.54) is 24.3 Å². The van der Waals surface area contributed by atoms with Crippen LogP contribution >= 0.6 is 0 Å². The van der Waals surface area contributed by atoms with Gasteiger partial charge in [-0.15, -0.1) is 0 Å². The summed E-state index contributed by atoms with van der Waals surface area (Å²) in [6.07, 6.45) is 15.1. The van der Waals surface area contributed by atoms with Crippen LogP contribution in [0, 0.1) is 10.1 Å². The van der Waals surface area contributed by atoms with E-state index in [9.17, 15) is 14.9 Å². The van der Waals surface area contributed by atoms with Gasteiger partial charge in [0.25, 0.3) is 5.69 Å². The molecule has 5 rings (SSSR count). The van der Waals surface area contributed by atoms with Crippen LogP contribution in [0.3, 0.4) is 0 Å². The van der Waals surface area contributed by atoms with E-state index in [1.54, 1.807) is 0 Å². The number of carbonyl (C=O) groups is 1. The van der Waals surface area contributed by atoms with Gasteiger partial charge in [-0.05, 0) is 108 Å². The van der Waals surface area contributed by atoms with Crippen molar-refractivity contribution in [3.63, 3.8) is 0 Å². The molecule has 0 amide bonds. The Morgan fingerprint density at radius 1 is 0.467 bits per heavy atom. The Morgan fingerprint density at radius 2 is 0.867 bits per heavy atom. The zero-order valence-corrected chi connectivity index (χ0v) is 36.5. The Hall–Kier alpha value is -5.25. The van der Waals surface area contributed by atoms with Gasteiger partial charge in [-0.25, -0.2) is 4.79 Å². The fourth-order valence-corrected chi connectivity index (χ4v) is 7.27. The topological polar surface area (TPSA) is 116 Å². The van der Waals surface area contributed by atoms with E-state index >= 15 is 0 Å². The van der Waals surface area contributed by atoms with Gasteiger partial charge in [0, 0.05) is 17.5 Å². The first-order valence-corrected chi connectivity index (χ1v) is 22.5. The van der Waals surface area contributed by atoms with Gasteiger partial charge < -0.3 is 28.4 Å². The predicted octanol–water partition coefficient (Wildman–Crippen LogP) is 14.1. The predicted molar refractivity (Wildman–Crippen MR) is 242 cm³/mol. The normalized spacial score (nSPS) is 11.3. The van der Waals surface area contributed by atoms with E-state index < -0.39 is 10.9 Å². The van der Waals surface area contributed by atoms with Crippen LogP contribution in [0.1, 0.15) is 141 Å². The van der Waals surface area contributed by atoms with Gasteiger partial charge in [0.15, 0.2) is 34.5 Å². The minimum atomic E-state index is -0.654. The summed E-state index contributed by atoms with van der Waals surface area (Å²) in [6.45, 7) is 13.5. The number of nitro groups is 1. The molecule has 5 aromatic carbocycles. The summed E-state index contributed by atoms with van der Waals surface area (Å²) in [5.41, 5.74) is 0.0691. The molecule has 5 aromatic rings. The van der Waals surface area contributed by atoms with E-state index in [0.717, 1.165) is 129 Å². The van der Waals surface area contributed by atoms with E-state index in [0.29, 0.717) is 61.8 Å². The average molecular weight is 824 g/mol. The monoisotopic (exact) mass is 823 g/mol. The van der Waals surface area contributed by atoms with Crippen molar-refractivity contribution in [3.8, 4) is 34.5 Å². The van der Waals surface area contributed by atoms with Crippen molar-refractivity contribution in [2.75, 3.05) is 33.0 Å². The molecule has 0 spiro atoms. The van der Waals surface area contributed by atoms with E-state index in [4.69, 9.17) is 28.4 Å². The van der Waals surface area contributed by atoms with Crippen LogP contribution in [0.15, 0.2) is 60.7 Å². The minimum Gasteiger partial charge on any atom is -0.490 e. The van der Waals surface area contributed by atoms with Crippen molar-refractivity contribution in [1.82, 2.24) is 0 Å². The fraction of sp³-hybridized carbons (Fsp3) is 0.500. The third kappa shape index (κ3) is 12.2. The van der Waals surface area contributed by atoms with Crippen molar-refractivity contribution < 1.29 is 38.1 Å². The molecule has 0 aliphatic rings. The van der Waals surface area contributed by atoms with Crippen LogP contribution in [0.25, 0.3) is 32.3 Å². The zero-order chi connectivity index (χ0) is 42.7. The minimum absolute atomic E-state index is 0.113. The van der Waals surface area contributed by atoms with Crippen LogP contribution in [0.4, 0.5) is 5.69 Å². The summed E-state index contributed by atoms with van der Waals surface area (Å²) in [5.74, 6) is 2.69. The lowest BCUT2D eigenvalue weighted by atomic mass is 9.92. The summed E-state index contributed by atoms with van der Waals surface area (Å²) in [5, 5.41) is 16.7. The SMILES string of the molecule is CCCCCOc1cc2c(cc1OCCCCC)c1ccc(OCCCCC)c(OCCCCC)c1c1cc(OCCCCC)c(OC(=O)c3ccc([N+](=O)[O-])cc3)cc21. The number of unbranched alkanes of at least 4 members (excludes halogenated alkanes) is 10. The summed E-state index contributed by atoms with van der Waals surface area (Å²) < 4.78 is 38.9. The van der Waals surface area contributed by atoms with E-state index in [1.807, 2.05) is 18.2 Å². The van der Waals surface area contributed by atoms with Gasteiger partial charge >= 0.3 is 5.97 Å². The molecule has 0 N–H and O–H groups in total. The maximum atomic E-state index is 13.7. The van der Waals surface area contributed by atoms with Crippen molar-refractivity contribution in [1.29, 1.82) is 0 Å². The second kappa shape index (κ2) is 24.1. The highest BCUT2D eigenvalue weighted by Crippen LogP contribution is 2.49. The number of nitro benzene ring substituents is 1. The molecule has 0 atom stereocenters. The number of carbonyl (C=O) groups excluding carboxylic acids is 1. The number of rotatable bonds is 28. The van der Waals surface area contributed by atoms with Crippen LogP contribution in [-0.2, 0) is 0 Å². The van der Waals surface area contributed by atoms with Gasteiger partial charge in [0.1, 0.15) is 0 Å². The molecule has 0 aromatic heterocycles. The Bertz CT molecular complexity index is 2140. The molecule has 0 fully saturated rings. The second-order valence-electron chi connectivity index (χ2n) is 15.5. The van der Waals surface area contributed by atoms with Gasteiger partial charge in [0.2, 0.25) is 0 Å². The molecular formula is C50H65NO9. The van der Waals surface area contributed by atoms with Crippen LogP contribution in [0.2, 0.25) is 0 Å². The molecule has 0 saturated heterocycles. The molecule has 10 heteroatoms. The smallest absolute Gasteiger partial charge is 0.343 e. The van der Waals surface area contributed by atoms with Gasteiger partial charge in [-0.3, -0.25) is 10.1 Å². The molecule has 0 aliphatic heterocycles. The molecule has 0 heterocycles. The van der Waals surface area contributed by atoms with Gasteiger partial charge in [-0.1, -0.05) is 98.8 Å². The third-order valence-electron chi connectivity index (χ3n) is 10.7. The van der Waals surface area contributed by atoms with Crippen molar-refractivity contribution in [3.05, 3.63) is 76.3 Å². The molecule has 0 saturated carbocycles. The molecule has 0 radical (unpaired) electrons. The van der Waals surface area contributed by atoms with Crippen molar-refractivity contribution in [2.45, 2.75) is 131 Å². The number of benzene rings is 5. The fourth-order valence-electron chi connectivity index (χ4n) is 7.27. The lowest BCUT2D eigenvalue weighted by Gasteiger charge is -2.21. The molecule has 10 nitrogen and oxygen atoms in total. The number of fused-ring (bicyclic) bond motifs is 6. The first kappa shape index (κ1) is 45.8. The molecule has 0 unspecified atom stereocenters. The Labute approximate surface area is 356 Å². The second-order valence-corrected chi connectivity index (χ2v) is 15.5. The number of ether oxygens (including phenoxy) is 6. The van der Waals surface area contributed by atoms with Crippen LogP contribution < -0.4 is 28.4 Å². The van der Waals surface area contributed by atoms with Crippen molar-refractivity contribution in [2.24, 2.45) is 0 Å². The largest absolute Gasteiger partial charge is 0.490 e. The molecule has 0 aliphatic carbocycles. The number of hydrogen-bond acceptors (Lipinski definition) is 9. The average Bonchev–Trinajstić information content (AvgIpc) is 3.26. The summed E-state index contributed by atoms with van der Waals surface area (Å²) >= 11 is 0. The van der Waals surface area contributed by atoms with Crippen molar-refractivity contribution >= 4 is 44.0 Å². The highest BCUT2D eigenvalue weighted by molar-refractivity contribution is 6.28. The first-order chi connectivity index (χ1) is 29.3. The standard InChI is InChI=1S/C50H65NO9/c1-6-11-16-27-55-43-26-25-38-39-32-44(56-28-17-12-7-2)45(57-29-18-13-8-3)33-40(39)41-34-47(60-50(52)36-21-23-37(24-22-36)51(53)54)46(58-30-19-14-9-4)35-42(41)48(38)49(43)59-31-20-15-10-5/h21-26,32-35H,6-20,27-31H2,1-5H3. The number of nitrogens with zero attached hydrogens (tertiary/aromatic N) is 1. The maximum absolute atomic E-state index is 13.7. The first-order valence-electron chi connectivity index (χ1n) is 22.5. The lowest BCUT2D eigenvalue weighted by Crippen LogP contribution is -2.10. The van der Waals surface area contributed by atoms with Gasteiger partial charge in [-0.2, -0.15) is 0 Å². The number of esters is 1.